The number of allylic oxidation sites excluding steroid dienone is 2. The van der Waals surface area contributed by atoms with Crippen LogP contribution in [0.2, 0.25) is 0 Å². The van der Waals surface area contributed by atoms with Gasteiger partial charge in [-0.2, -0.15) is 10.5 Å². The molecule has 7 nitrogen and oxygen atoms in total. The molecule has 1 saturated carbocycles. The van der Waals surface area contributed by atoms with E-state index in [2.05, 4.69) is 17.5 Å². The van der Waals surface area contributed by atoms with Gasteiger partial charge in [-0.25, -0.2) is 0 Å². The first-order chi connectivity index (χ1) is 14.5. The fourth-order valence-corrected chi connectivity index (χ4v) is 5.18. The van der Waals surface area contributed by atoms with E-state index in [0.717, 1.165) is 32.1 Å². The van der Waals surface area contributed by atoms with Gasteiger partial charge >= 0.3 is 0 Å². The van der Waals surface area contributed by atoms with Gasteiger partial charge in [0, 0.05) is 11.0 Å². The zero-order valence-electron chi connectivity index (χ0n) is 17.1. The molecule has 1 spiro atoms. The molecule has 0 radical (unpaired) electrons. The summed E-state index contributed by atoms with van der Waals surface area (Å²) in [6.45, 7) is 0. The highest BCUT2D eigenvalue weighted by Crippen LogP contribution is 2.51. The van der Waals surface area contributed by atoms with Crippen LogP contribution in [0.3, 0.4) is 0 Å². The van der Waals surface area contributed by atoms with Gasteiger partial charge in [0.25, 0.3) is 0 Å². The third kappa shape index (κ3) is 3.83. The maximum Gasteiger partial charge on any atom is 0.173 e. The van der Waals surface area contributed by atoms with Gasteiger partial charge in [-0.1, -0.05) is 31.0 Å². The molecule has 3 N–H and O–H groups in total. The Morgan fingerprint density at radius 2 is 1.80 bits per heavy atom. The summed E-state index contributed by atoms with van der Waals surface area (Å²) in [5, 5.41) is 23.2. The number of Topliss-reactive ketones (excluding diaryl/α,β-unsaturated/α-hetero) is 1. The van der Waals surface area contributed by atoms with E-state index in [-0.39, 0.29) is 17.4 Å². The molecule has 1 heterocycles. The molecule has 1 aliphatic heterocycles. The lowest BCUT2D eigenvalue weighted by atomic mass is 9.64. The Hall–Kier alpha value is -3.10. The summed E-state index contributed by atoms with van der Waals surface area (Å²) in [5.41, 5.74) is 6.96. The van der Waals surface area contributed by atoms with E-state index in [1.54, 1.807) is 18.2 Å². The van der Waals surface area contributed by atoms with Crippen molar-refractivity contribution in [1.29, 1.82) is 10.5 Å². The lowest BCUT2D eigenvalue weighted by Gasteiger charge is -2.40. The lowest BCUT2D eigenvalue weighted by molar-refractivity contribution is 0.102. The van der Waals surface area contributed by atoms with Crippen molar-refractivity contribution in [3.05, 3.63) is 45.8 Å². The molecule has 0 atom stereocenters. The van der Waals surface area contributed by atoms with Gasteiger partial charge in [0.2, 0.25) is 0 Å². The molecule has 30 heavy (non-hydrogen) atoms. The average molecular weight is 425 g/mol. The number of dihydropyridines is 1. The van der Waals surface area contributed by atoms with E-state index >= 15 is 0 Å². The lowest BCUT2D eigenvalue weighted by Crippen LogP contribution is -2.39. The van der Waals surface area contributed by atoms with Crippen molar-refractivity contribution in [2.75, 3.05) is 20.0 Å². The fraction of sp³-hybridized carbons (Fsp3) is 0.409. The highest BCUT2D eigenvalue weighted by molar-refractivity contribution is 8.03. The van der Waals surface area contributed by atoms with E-state index in [9.17, 15) is 15.3 Å². The number of carbonyl (C=O) groups excluding carboxylic acids is 1. The molecule has 8 heteroatoms. The molecule has 1 aliphatic carbocycles. The zero-order valence-corrected chi connectivity index (χ0v) is 17.9. The number of hydrogen-bond acceptors (Lipinski definition) is 8. The molecule has 1 aromatic carbocycles. The molecular formula is C22H24N4O3S. The number of ketones is 1. The number of nitrogens with two attached hydrogens (primary N) is 1. The minimum atomic E-state index is -0.647. The summed E-state index contributed by atoms with van der Waals surface area (Å²) in [5.74, 6) is 1.31. The Labute approximate surface area is 180 Å². The van der Waals surface area contributed by atoms with Crippen LogP contribution in [0.25, 0.3) is 0 Å². The first-order valence-electron chi connectivity index (χ1n) is 9.71. The molecule has 0 unspecified atom stereocenters. The maximum atomic E-state index is 12.8. The Morgan fingerprint density at radius 3 is 2.40 bits per heavy atom. The van der Waals surface area contributed by atoms with Crippen LogP contribution in [0, 0.1) is 28.1 Å². The predicted octanol–water partition coefficient (Wildman–Crippen LogP) is 3.60. The van der Waals surface area contributed by atoms with Crippen molar-refractivity contribution in [2.24, 2.45) is 11.1 Å². The Morgan fingerprint density at radius 1 is 1.13 bits per heavy atom. The van der Waals surface area contributed by atoms with Crippen molar-refractivity contribution in [2.45, 2.75) is 32.1 Å². The van der Waals surface area contributed by atoms with Crippen LogP contribution in [0.1, 0.15) is 42.5 Å². The monoisotopic (exact) mass is 424 g/mol. The minimum Gasteiger partial charge on any atom is -0.493 e. The standard InChI is InChI=1S/C22H24N4O3S/c1-28-18-7-6-14(10-19(18)29-2)17(27)13-30-21-16(12-24)22(8-4-3-5-9-22)15(11-23)20(25)26-21/h6-7,10,26H,3-5,8-9,13,25H2,1-2H3. The third-order valence-corrected chi connectivity index (χ3v) is 6.69. The van der Waals surface area contributed by atoms with Gasteiger partial charge in [0.05, 0.1) is 48.3 Å². The number of thioether (sulfide) groups is 1. The van der Waals surface area contributed by atoms with Gasteiger partial charge in [0.15, 0.2) is 17.3 Å². The van der Waals surface area contributed by atoms with Crippen LogP contribution in [0.15, 0.2) is 40.2 Å². The third-order valence-electron chi connectivity index (χ3n) is 5.69. The molecule has 156 valence electrons. The quantitative estimate of drug-likeness (QED) is 0.664. The van der Waals surface area contributed by atoms with Gasteiger partial charge in [-0.05, 0) is 31.0 Å². The number of nitrogens with one attached hydrogen (secondary N) is 1. The maximum absolute atomic E-state index is 12.8. The van der Waals surface area contributed by atoms with E-state index in [1.165, 1.54) is 26.0 Å². The highest BCUT2D eigenvalue weighted by Gasteiger charge is 2.45. The molecule has 0 bridgehead atoms. The molecular weight excluding hydrogens is 400 g/mol. The largest absolute Gasteiger partial charge is 0.493 e. The Bertz CT molecular complexity index is 995. The number of hydrogen-bond donors (Lipinski definition) is 2. The molecule has 3 rings (SSSR count). The number of nitrogens with zero attached hydrogens (tertiary/aromatic N) is 2. The molecule has 0 amide bonds. The van der Waals surface area contributed by atoms with Gasteiger partial charge in [0.1, 0.15) is 5.82 Å². The summed E-state index contributed by atoms with van der Waals surface area (Å²) in [6.07, 6.45) is 4.38. The van der Waals surface area contributed by atoms with Crippen molar-refractivity contribution >= 4 is 17.5 Å². The first kappa shape index (κ1) is 21.6. The van der Waals surface area contributed by atoms with Crippen LogP contribution in [-0.4, -0.2) is 25.8 Å². The Balaban J connectivity index is 1.86. The first-order valence-corrected chi connectivity index (χ1v) is 10.7. The smallest absolute Gasteiger partial charge is 0.173 e. The number of ether oxygens (including phenoxy) is 2. The molecule has 1 fully saturated rings. The van der Waals surface area contributed by atoms with Crippen molar-refractivity contribution in [1.82, 2.24) is 5.32 Å². The van der Waals surface area contributed by atoms with Crippen molar-refractivity contribution < 1.29 is 14.3 Å². The van der Waals surface area contributed by atoms with Gasteiger partial charge < -0.3 is 20.5 Å². The number of nitriles is 2. The molecule has 0 aromatic heterocycles. The zero-order chi connectivity index (χ0) is 21.7. The molecule has 2 aliphatic rings. The van der Waals surface area contributed by atoms with Gasteiger partial charge in [-0.15, -0.1) is 0 Å². The number of rotatable bonds is 6. The van der Waals surface area contributed by atoms with Crippen LogP contribution < -0.4 is 20.5 Å². The second-order valence-electron chi connectivity index (χ2n) is 7.27. The van der Waals surface area contributed by atoms with Crippen LogP contribution in [-0.2, 0) is 0 Å². The van der Waals surface area contributed by atoms with Crippen molar-refractivity contribution in [3.8, 4) is 23.6 Å². The molecule has 0 saturated heterocycles. The van der Waals surface area contributed by atoms with Crippen molar-refractivity contribution in [3.63, 3.8) is 0 Å². The molecule has 1 aromatic rings. The highest BCUT2D eigenvalue weighted by atomic mass is 32.2. The fourth-order valence-electron chi connectivity index (χ4n) is 4.17. The summed E-state index contributed by atoms with van der Waals surface area (Å²) in [7, 11) is 3.05. The topological polar surface area (TPSA) is 121 Å². The van der Waals surface area contributed by atoms with Gasteiger partial charge in [-0.3, -0.25) is 4.79 Å². The minimum absolute atomic E-state index is 0.112. The van der Waals surface area contributed by atoms with Crippen LogP contribution in [0.5, 0.6) is 11.5 Å². The van der Waals surface area contributed by atoms with E-state index < -0.39 is 5.41 Å². The number of methoxy groups -OCH3 is 2. The Kier molecular flexibility index (Phi) is 6.59. The number of benzene rings is 1. The predicted molar refractivity (Wildman–Crippen MR) is 114 cm³/mol. The van der Waals surface area contributed by atoms with Crippen LogP contribution in [0.4, 0.5) is 0 Å². The number of carbonyl (C=O) groups is 1. The van der Waals surface area contributed by atoms with E-state index in [1.807, 2.05) is 0 Å². The normalized spacial score (nSPS) is 17.7. The SMILES string of the molecule is COc1ccc(C(=O)CSC2=C(C#N)C3(CCCCC3)C(C#N)=C(N)N2)cc1OC. The average Bonchev–Trinajstić information content (AvgIpc) is 2.77. The summed E-state index contributed by atoms with van der Waals surface area (Å²) in [4.78, 5) is 12.8. The van der Waals surface area contributed by atoms with E-state index in [4.69, 9.17) is 15.2 Å². The summed E-state index contributed by atoms with van der Waals surface area (Å²) < 4.78 is 10.5. The second-order valence-corrected chi connectivity index (χ2v) is 8.25. The second kappa shape index (κ2) is 9.15. The summed E-state index contributed by atoms with van der Waals surface area (Å²) >= 11 is 1.24. The van der Waals surface area contributed by atoms with Crippen LogP contribution >= 0.6 is 11.8 Å². The summed E-state index contributed by atoms with van der Waals surface area (Å²) in [6, 6.07) is 9.53. The van der Waals surface area contributed by atoms with E-state index in [0.29, 0.717) is 33.2 Å².